The van der Waals surface area contributed by atoms with Gasteiger partial charge in [-0.25, -0.2) is 0 Å². The third kappa shape index (κ3) is 1.22. The van der Waals surface area contributed by atoms with Crippen molar-refractivity contribution in [1.82, 2.24) is 4.98 Å². The van der Waals surface area contributed by atoms with Gasteiger partial charge in [-0.05, 0) is 23.8 Å². The lowest BCUT2D eigenvalue weighted by atomic mass is 10.1. The molecule has 1 aliphatic rings. The third-order valence-corrected chi connectivity index (χ3v) is 2.55. The maximum Gasteiger partial charge on any atom is 0.279 e. The van der Waals surface area contributed by atoms with Gasteiger partial charge in [0.05, 0.1) is 21.9 Å². The van der Waals surface area contributed by atoms with E-state index in [-0.39, 0.29) is 10.6 Å². The maximum atomic E-state index is 10.9. The van der Waals surface area contributed by atoms with Crippen LogP contribution in [0, 0.1) is 10.1 Å². The average Bonchev–Trinajstić information content (AvgIpc) is 3.07. The van der Waals surface area contributed by atoms with E-state index in [1.54, 1.807) is 30.6 Å². The van der Waals surface area contributed by atoms with Crippen LogP contribution in [-0.2, 0) is 0 Å². The molecule has 2 heterocycles. The quantitative estimate of drug-likeness (QED) is 0.403. The van der Waals surface area contributed by atoms with Crippen molar-refractivity contribution in [1.29, 1.82) is 0 Å². The summed E-state index contributed by atoms with van der Waals surface area (Å²) < 4.78 is 0. The van der Waals surface area contributed by atoms with Crippen LogP contribution in [0.15, 0.2) is 36.7 Å². The zero-order chi connectivity index (χ0) is 11.1. The fourth-order valence-corrected chi connectivity index (χ4v) is 1.76. The summed E-state index contributed by atoms with van der Waals surface area (Å²) in [5.41, 5.74) is 3.38. The highest BCUT2D eigenvalue weighted by molar-refractivity contribution is 6.05. The van der Waals surface area contributed by atoms with Gasteiger partial charge in [0.2, 0.25) is 0 Å². The Hall–Kier alpha value is -2.43. The lowest BCUT2D eigenvalue weighted by Crippen LogP contribution is -1.90. The minimum absolute atomic E-state index is 0.120. The van der Waals surface area contributed by atoms with Gasteiger partial charge in [-0.2, -0.15) is 0 Å². The summed E-state index contributed by atoms with van der Waals surface area (Å²) in [6.45, 7) is 0. The van der Waals surface area contributed by atoms with Gasteiger partial charge >= 0.3 is 0 Å². The number of nitro groups is 1. The largest absolute Gasteiger partial charge is 0.351 e. The molecule has 1 N–H and O–H groups in total. The number of benzene rings is 1. The zero-order valence-corrected chi connectivity index (χ0v) is 8.18. The summed E-state index contributed by atoms with van der Waals surface area (Å²) in [6, 6.07) is 6.78. The minimum Gasteiger partial charge on any atom is -0.351 e. The smallest absolute Gasteiger partial charge is 0.279 e. The number of rotatable bonds is 2. The number of anilines is 2. The lowest BCUT2D eigenvalue weighted by Gasteiger charge is -2.00. The predicted octanol–water partition coefficient (Wildman–Crippen LogP) is 2.71. The van der Waals surface area contributed by atoms with Crippen LogP contribution in [0.5, 0.6) is 0 Å². The van der Waals surface area contributed by atoms with Gasteiger partial charge in [0, 0.05) is 18.5 Å². The monoisotopic (exact) mass is 213 g/mol. The standard InChI is InChI=1S/C11H7N3O2/c15-14(16)9-2-1-8-11(13-8)10(9)7-3-5-12-6-4-7/h1-6,13H. The van der Waals surface area contributed by atoms with Crippen LogP contribution >= 0.6 is 0 Å². The van der Waals surface area contributed by atoms with Gasteiger partial charge in [-0.3, -0.25) is 15.1 Å². The molecule has 5 heteroatoms. The van der Waals surface area contributed by atoms with Gasteiger partial charge in [-0.15, -0.1) is 0 Å². The molecule has 78 valence electrons. The number of nitro benzene ring substituents is 1. The van der Waals surface area contributed by atoms with Crippen molar-refractivity contribution in [2.45, 2.75) is 0 Å². The summed E-state index contributed by atoms with van der Waals surface area (Å²) in [6.07, 6.45) is 3.25. The summed E-state index contributed by atoms with van der Waals surface area (Å²) >= 11 is 0. The number of pyridine rings is 1. The molecule has 5 nitrogen and oxygen atoms in total. The molecule has 16 heavy (non-hydrogen) atoms. The van der Waals surface area contributed by atoms with Crippen molar-refractivity contribution in [2.75, 3.05) is 5.32 Å². The van der Waals surface area contributed by atoms with Gasteiger partial charge in [0.25, 0.3) is 5.69 Å². The van der Waals surface area contributed by atoms with E-state index in [0.29, 0.717) is 5.56 Å². The van der Waals surface area contributed by atoms with Crippen LogP contribution in [0.2, 0.25) is 0 Å². The fraction of sp³-hybridized carbons (Fsp3) is 0. The Labute approximate surface area is 90.9 Å². The normalized spacial score (nSPS) is 11.5. The Morgan fingerprint density at radius 3 is 2.62 bits per heavy atom. The molecule has 0 unspecified atom stereocenters. The third-order valence-electron chi connectivity index (χ3n) is 2.55. The molecule has 0 spiro atoms. The predicted molar refractivity (Wildman–Crippen MR) is 59.6 cm³/mol. The van der Waals surface area contributed by atoms with Crippen LogP contribution in [0.25, 0.3) is 11.1 Å². The Kier molecular flexibility index (Phi) is 1.67. The van der Waals surface area contributed by atoms with Gasteiger partial charge in [0.1, 0.15) is 0 Å². The minimum atomic E-state index is -0.365. The van der Waals surface area contributed by atoms with Crippen LogP contribution in [0.1, 0.15) is 0 Å². The van der Waals surface area contributed by atoms with Crippen molar-refractivity contribution < 1.29 is 4.92 Å². The van der Waals surface area contributed by atoms with Gasteiger partial charge < -0.3 is 5.32 Å². The van der Waals surface area contributed by atoms with Crippen molar-refractivity contribution in [3.63, 3.8) is 0 Å². The maximum absolute atomic E-state index is 10.9. The second-order valence-electron chi connectivity index (χ2n) is 3.50. The highest BCUT2D eigenvalue weighted by Crippen LogP contribution is 2.50. The molecule has 0 saturated heterocycles. The van der Waals surface area contributed by atoms with Crippen LogP contribution < -0.4 is 5.32 Å². The van der Waals surface area contributed by atoms with E-state index < -0.39 is 0 Å². The number of hydrogen-bond donors (Lipinski definition) is 1. The summed E-state index contributed by atoms with van der Waals surface area (Å²) in [5.74, 6) is 0. The first kappa shape index (κ1) is 8.84. The molecule has 1 aromatic carbocycles. The highest BCUT2D eigenvalue weighted by atomic mass is 16.6. The van der Waals surface area contributed by atoms with E-state index in [2.05, 4.69) is 10.3 Å². The second-order valence-corrected chi connectivity index (χ2v) is 3.50. The molecule has 1 aliphatic heterocycles. The van der Waals surface area contributed by atoms with E-state index in [0.717, 1.165) is 16.9 Å². The summed E-state index contributed by atoms with van der Waals surface area (Å²) in [7, 11) is 0. The van der Waals surface area contributed by atoms with Crippen molar-refractivity contribution in [2.24, 2.45) is 0 Å². The van der Waals surface area contributed by atoms with E-state index >= 15 is 0 Å². The number of aromatic nitrogens is 1. The topological polar surface area (TPSA) is 78.0 Å². The molecule has 0 radical (unpaired) electrons. The molecule has 3 rings (SSSR count). The number of fused-ring (bicyclic) bond motifs is 1. The fourth-order valence-electron chi connectivity index (χ4n) is 1.76. The molecular formula is C11H7N3O2. The Morgan fingerprint density at radius 1 is 1.19 bits per heavy atom. The number of nitrogens with zero attached hydrogens (tertiary/aromatic N) is 2. The zero-order valence-electron chi connectivity index (χ0n) is 8.18. The molecule has 0 fully saturated rings. The highest BCUT2D eigenvalue weighted by Gasteiger charge is 2.29. The molecule has 0 saturated carbocycles. The SMILES string of the molecule is O=[N+]([O-])c1ccc2c(c1-c1ccncc1)N2. The van der Waals surface area contributed by atoms with Crippen molar-refractivity contribution in [3.05, 3.63) is 46.8 Å². The van der Waals surface area contributed by atoms with Gasteiger partial charge in [0.15, 0.2) is 0 Å². The molecule has 2 aromatic rings. The molecule has 0 atom stereocenters. The van der Waals surface area contributed by atoms with Crippen molar-refractivity contribution >= 4 is 17.1 Å². The molecule has 0 amide bonds. The Morgan fingerprint density at radius 2 is 1.94 bits per heavy atom. The average molecular weight is 213 g/mol. The van der Waals surface area contributed by atoms with Gasteiger partial charge in [-0.1, -0.05) is 0 Å². The Balaban J connectivity index is 2.25. The Bertz CT molecular complexity index is 581. The molecule has 0 bridgehead atoms. The first-order valence-electron chi connectivity index (χ1n) is 4.76. The second kappa shape index (κ2) is 3.03. The molecular weight excluding hydrogens is 206 g/mol. The molecule has 0 aliphatic carbocycles. The van der Waals surface area contributed by atoms with E-state index in [4.69, 9.17) is 0 Å². The lowest BCUT2D eigenvalue weighted by molar-refractivity contribution is -0.384. The van der Waals surface area contributed by atoms with Crippen LogP contribution in [0.3, 0.4) is 0 Å². The molecule has 1 aromatic heterocycles. The van der Waals surface area contributed by atoms with Crippen LogP contribution in [-0.4, -0.2) is 9.91 Å². The van der Waals surface area contributed by atoms with E-state index in [1.807, 2.05) is 0 Å². The summed E-state index contributed by atoms with van der Waals surface area (Å²) in [4.78, 5) is 14.5. The summed E-state index contributed by atoms with van der Waals surface area (Å²) in [5, 5.41) is 14.0. The van der Waals surface area contributed by atoms with E-state index in [1.165, 1.54) is 6.07 Å². The van der Waals surface area contributed by atoms with Crippen LogP contribution in [0.4, 0.5) is 17.1 Å². The number of hydrogen-bond acceptors (Lipinski definition) is 4. The van der Waals surface area contributed by atoms with Crippen molar-refractivity contribution in [3.8, 4) is 11.1 Å². The number of nitrogens with one attached hydrogen (secondary N) is 1. The van der Waals surface area contributed by atoms with E-state index in [9.17, 15) is 10.1 Å². The first-order valence-corrected chi connectivity index (χ1v) is 4.76. The first-order chi connectivity index (χ1) is 7.77.